The minimum Gasteiger partial charge on any atom is -0.399 e. The van der Waals surface area contributed by atoms with E-state index in [0.717, 1.165) is 10.9 Å². The Morgan fingerprint density at radius 1 is 1.33 bits per heavy atom. The van der Waals surface area contributed by atoms with E-state index in [1.807, 2.05) is 6.07 Å². The Morgan fingerprint density at radius 2 is 2.06 bits per heavy atom. The summed E-state index contributed by atoms with van der Waals surface area (Å²) in [4.78, 5) is 0. The van der Waals surface area contributed by atoms with Gasteiger partial charge in [-0.2, -0.15) is 23.5 Å². The van der Waals surface area contributed by atoms with Gasteiger partial charge in [0, 0.05) is 11.9 Å². The number of halogens is 3. The lowest BCUT2D eigenvalue weighted by Gasteiger charge is -2.05. The van der Waals surface area contributed by atoms with Crippen LogP contribution in [-0.4, -0.2) is 9.78 Å². The van der Waals surface area contributed by atoms with Crippen LogP contribution >= 0.6 is 0 Å². The number of rotatable bonds is 1. The van der Waals surface area contributed by atoms with Gasteiger partial charge in [-0.25, -0.2) is 4.68 Å². The number of hydrogen-bond donors (Lipinski definition) is 1. The molecule has 0 aliphatic carbocycles. The van der Waals surface area contributed by atoms with Crippen molar-refractivity contribution in [1.29, 1.82) is 5.26 Å². The topological polar surface area (TPSA) is 67.6 Å². The lowest BCUT2D eigenvalue weighted by molar-refractivity contribution is -0.137. The summed E-state index contributed by atoms with van der Waals surface area (Å²) in [6, 6.07) is 6.18. The van der Waals surface area contributed by atoms with Gasteiger partial charge in [-0.15, -0.1) is 0 Å². The van der Waals surface area contributed by atoms with Crippen molar-refractivity contribution in [3.8, 4) is 11.8 Å². The molecule has 0 atom stereocenters. The van der Waals surface area contributed by atoms with Gasteiger partial charge >= 0.3 is 6.18 Å². The van der Waals surface area contributed by atoms with Crippen molar-refractivity contribution >= 4 is 5.69 Å². The zero-order valence-corrected chi connectivity index (χ0v) is 8.94. The Balaban J connectivity index is 2.50. The van der Waals surface area contributed by atoms with Gasteiger partial charge in [0.25, 0.3) is 0 Å². The van der Waals surface area contributed by atoms with Crippen LogP contribution in [0.15, 0.2) is 30.6 Å². The van der Waals surface area contributed by atoms with E-state index in [9.17, 15) is 13.2 Å². The van der Waals surface area contributed by atoms with Crippen LogP contribution < -0.4 is 5.73 Å². The number of benzene rings is 1. The van der Waals surface area contributed by atoms with E-state index in [1.54, 1.807) is 0 Å². The summed E-state index contributed by atoms with van der Waals surface area (Å²) >= 11 is 0. The van der Waals surface area contributed by atoms with Gasteiger partial charge in [-0.1, -0.05) is 0 Å². The van der Waals surface area contributed by atoms with Crippen LogP contribution in [0.1, 0.15) is 11.1 Å². The molecular weight excluding hydrogens is 245 g/mol. The van der Waals surface area contributed by atoms with Crippen molar-refractivity contribution in [2.75, 3.05) is 5.73 Å². The second-order valence-electron chi connectivity index (χ2n) is 3.56. The normalized spacial score (nSPS) is 11.2. The Kier molecular flexibility index (Phi) is 2.71. The minimum absolute atomic E-state index is 0.159. The first-order valence-corrected chi connectivity index (χ1v) is 4.83. The molecule has 92 valence electrons. The van der Waals surface area contributed by atoms with Crippen LogP contribution in [0.2, 0.25) is 0 Å². The van der Waals surface area contributed by atoms with Crippen molar-refractivity contribution in [3.63, 3.8) is 0 Å². The number of nitrogens with two attached hydrogens (primary N) is 1. The minimum atomic E-state index is -4.46. The maximum Gasteiger partial charge on any atom is 0.419 e. The monoisotopic (exact) mass is 252 g/mol. The number of anilines is 1. The molecule has 4 nitrogen and oxygen atoms in total. The molecule has 1 heterocycles. The molecule has 7 heteroatoms. The number of aromatic nitrogens is 2. The quantitative estimate of drug-likeness (QED) is 0.792. The molecule has 0 unspecified atom stereocenters. The fraction of sp³-hybridized carbons (Fsp3) is 0.0909. The van der Waals surface area contributed by atoms with Crippen LogP contribution in [-0.2, 0) is 6.18 Å². The molecule has 0 amide bonds. The summed E-state index contributed by atoms with van der Waals surface area (Å²) in [6.45, 7) is 0. The molecule has 2 rings (SSSR count). The van der Waals surface area contributed by atoms with Crippen molar-refractivity contribution in [3.05, 3.63) is 41.7 Å². The molecule has 0 aliphatic rings. The highest BCUT2D eigenvalue weighted by molar-refractivity contribution is 5.56. The molecular formula is C11H7F3N4. The number of nitrogen functional groups attached to an aromatic ring is 1. The average molecular weight is 252 g/mol. The molecule has 1 aromatic carbocycles. The zero-order chi connectivity index (χ0) is 13.3. The van der Waals surface area contributed by atoms with Gasteiger partial charge in [-0.3, -0.25) is 0 Å². The Hall–Kier alpha value is -2.49. The first-order valence-electron chi connectivity index (χ1n) is 4.83. The average Bonchev–Trinajstić information content (AvgIpc) is 2.77. The Bertz CT molecular complexity index is 622. The molecule has 0 aliphatic heterocycles. The van der Waals surface area contributed by atoms with Crippen LogP contribution in [0, 0.1) is 11.3 Å². The van der Waals surface area contributed by atoms with E-state index in [2.05, 4.69) is 5.10 Å². The first kappa shape index (κ1) is 12.0. The highest BCUT2D eigenvalue weighted by Gasteiger charge is 2.32. The van der Waals surface area contributed by atoms with E-state index < -0.39 is 11.7 Å². The van der Waals surface area contributed by atoms with Gasteiger partial charge in [0.05, 0.1) is 23.0 Å². The van der Waals surface area contributed by atoms with Gasteiger partial charge < -0.3 is 5.73 Å². The first-order chi connectivity index (χ1) is 8.41. The highest BCUT2D eigenvalue weighted by atomic mass is 19.4. The third-order valence-electron chi connectivity index (χ3n) is 2.30. The SMILES string of the molecule is N#Cc1cc(N)ccc1-n1cc(C(F)(F)F)cn1. The van der Waals surface area contributed by atoms with Crippen LogP contribution in [0.3, 0.4) is 0 Å². The molecule has 0 bridgehead atoms. The second kappa shape index (κ2) is 4.07. The van der Waals surface area contributed by atoms with Crippen molar-refractivity contribution in [1.82, 2.24) is 9.78 Å². The summed E-state index contributed by atoms with van der Waals surface area (Å²) in [6.07, 6.45) is -2.93. The molecule has 0 fully saturated rings. The predicted molar refractivity (Wildman–Crippen MR) is 57.7 cm³/mol. The summed E-state index contributed by atoms with van der Waals surface area (Å²) in [5, 5.41) is 12.5. The van der Waals surface area contributed by atoms with Gasteiger partial charge in [0.15, 0.2) is 0 Å². The summed E-state index contributed by atoms with van der Waals surface area (Å²) in [7, 11) is 0. The molecule has 0 saturated heterocycles. The summed E-state index contributed by atoms with van der Waals surface area (Å²) in [5.74, 6) is 0. The predicted octanol–water partition coefficient (Wildman–Crippen LogP) is 2.34. The molecule has 18 heavy (non-hydrogen) atoms. The van der Waals surface area contributed by atoms with Crippen LogP contribution in [0.4, 0.5) is 18.9 Å². The molecule has 0 spiro atoms. The van der Waals surface area contributed by atoms with E-state index in [-0.39, 0.29) is 11.3 Å². The van der Waals surface area contributed by atoms with Gasteiger partial charge in [-0.05, 0) is 18.2 Å². The standard InChI is InChI=1S/C11H7F3N4/c12-11(13,14)8-5-17-18(6-8)10-2-1-9(16)3-7(10)4-15/h1-3,5-6H,16H2. The number of nitrogens with zero attached hydrogens (tertiary/aromatic N) is 3. The number of hydrogen-bond acceptors (Lipinski definition) is 3. The molecule has 2 N–H and O–H groups in total. The third-order valence-corrected chi connectivity index (χ3v) is 2.30. The molecule has 1 aromatic heterocycles. The molecule has 0 radical (unpaired) electrons. The Labute approximate surface area is 100 Å². The summed E-state index contributed by atoms with van der Waals surface area (Å²) in [5.41, 5.74) is 5.39. The lowest BCUT2D eigenvalue weighted by atomic mass is 10.2. The maximum absolute atomic E-state index is 12.4. The third kappa shape index (κ3) is 2.13. The Morgan fingerprint density at radius 3 is 2.61 bits per heavy atom. The van der Waals surface area contributed by atoms with Gasteiger partial charge in [0.2, 0.25) is 0 Å². The van der Waals surface area contributed by atoms with E-state index in [4.69, 9.17) is 11.0 Å². The van der Waals surface area contributed by atoms with Crippen LogP contribution in [0.5, 0.6) is 0 Å². The smallest absolute Gasteiger partial charge is 0.399 e. The zero-order valence-electron chi connectivity index (χ0n) is 8.94. The largest absolute Gasteiger partial charge is 0.419 e. The lowest BCUT2D eigenvalue weighted by Crippen LogP contribution is -2.03. The fourth-order valence-corrected chi connectivity index (χ4v) is 1.44. The maximum atomic E-state index is 12.4. The second-order valence-corrected chi connectivity index (χ2v) is 3.56. The summed E-state index contributed by atoms with van der Waals surface area (Å²) < 4.78 is 38.3. The fourth-order valence-electron chi connectivity index (χ4n) is 1.44. The van der Waals surface area contributed by atoms with Crippen molar-refractivity contribution < 1.29 is 13.2 Å². The number of alkyl halides is 3. The number of nitriles is 1. The van der Waals surface area contributed by atoms with Crippen LogP contribution in [0.25, 0.3) is 5.69 Å². The van der Waals surface area contributed by atoms with Crippen molar-refractivity contribution in [2.24, 2.45) is 0 Å². The van der Waals surface area contributed by atoms with E-state index in [1.165, 1.54) is 18.2 Å². The van der Waals surface area contributed by atoms with Gasteiger partial charge in [0.1, 0.15) is 6.07 Å². The molecule has 2 aromatic rings. The van der Waals surface area contributed by atoms with E-state index >= 15 is 0 Å². The van der Waals surface area contributed by atoms with E-state index in [0.29, 0.717) is 11.9 Å². The highest BCUT2D eigenvalue weighted by Crippen LogP contribution is 2.29. The van der Waals surface area contributed by atoms with Crippen molar-refractivity contribution in [2.45, 2.75) is 6.18 Å². The molecule has 0 saturated carbocycles.